The van der Waals surface area contributed by atoms with Gasteiger partial charge in [0.15, 0.2) is 0 Å². The standard InChI is InChI=1S/C14H11.2CH3O.Ti/c1-10-5-4-8-13-12-7-3-2-6-11(12)9-14(10)13;2*1-2;/h2-9H,1H3;2*1H3;/q3*-1;+3. The Hall–Kier alpha value is -1.06. The molecule has 0 heterocycles. The van der Waals surface area contributed by atoms with Crippen molar-refractivity contribution < 1.29 is 31.9 Å². The zero-order valence-electron chi connectivity index (χ0n) is 11.4. The van der Waals surface area contributed by atoms with Crippen LogP contribution >= 0.6 is 0 Å². The van der Waals surface area contributed by atoms with Crippen LogP contribution in [-0.4, -0.2) is 14.2 Å². The summed E-state index contributed by atoms with van der Waals surface area (Å²) in [6.45, 7) is 2.17. The average Bonchev–Trinajstić information content (AvgIpc) is 2.84. The fourth-order valence-electron chi connectivity index (χ4n) is 2.13. The van der Waals surface area contributed by atoms with Crippen molar-refractivity contribution in [3.63, 3.8) is 0 Å². The van der Waals surface area contributed by atoms with Crippen molar-refractivity contribution >= 4 is 21.5 Å². The first kappa shape index (κ1) is 17.9. The molecule has 0 aromatic heterocycles. The van der Waals surface area contributed by atoms with Gasteiger partial charge < -0.3 is 10.2 Å². The first-order valence-electron chi connectivity index (χ1n) is 5.72. The summed E-state index contributed by atoms with van der Waals surface area (Å²) in [6, 6.07) is 17.3. The number of rotatable bonds is 0. The van der Waals surface area contributed by atoms with Gasteiger partial charge in [0.05, 0.1) is 0 Å². The van der Waals surface area contributed by atoms with Crippen molar-refractivity contribution in [2.45, 2.75) is 6.92 Å². The van der Waals surface area contributed by atoms with Gasteiger partial charge in [0.2, 0.25) is 0 Å². The third kappa shape index (κ3) is 3.71. The Morgan fingerprint density at radius 2 is 1.37 bits per heavy atom. The van der Waals surface area contributed by atoms with E-state index in [2.05, 4.69) is 55.5 Å². The molecule has 19 heavy (non-hydrogen) atoms. The van der Waals surface area contributed by atoms with Crippen LogP contribution < -0.4 is 10.2 Å². The van der Waals surface area contributed by atoms with Gasteiger partial charge in [0, 0.05) is 0 Å². The van der Waals surface area contributed by atoms with Gasteiger partial charge in [-0.1, -0.05) is 43.3 Å². The summed E-state index contributed by atoms with van der Waals surface area (Å²) < 4.78 is 0. The number of hydrogen-bond acceptors (Lipinski definition) is 2. The van der Waals surface area contributed by atoms with Gasteiger partial charge in [0.1, 0.15) is 0 Å². The van der Waals surface area contributed by atoms with Crippen LogP contribution in [0.4, 0.5) is 0 Å². The topological polar surface area (TPSA) is 46.1 Å². The summed E-state index contributed by atoms with van der Waals surface area (Å²) in [7, 11) is 1.50. The molecule has 3 aromatic carbocycles. The van der Waals surface area contributed by atoms with E-state index >= 15 is 0 Å². The molecule has 0 saturated heterocycles. The van der Waals surface area contributed by atoms with Crippen molar-refractivity contribution in [3.8, 4) is 0 Å². The van der Waals surface area contributed by atoms with Crippen LogP contribution in [0.5, 0.6) is 0 Å². The Labute approximate surface area is 128 Å². The first-order chi connectivity index (χ1) is 8.86. The molecule has 0 fully saturated rings. The molecular formula is C16H17O2Ti. The molecule has 3 heteroatoms. The molecule has 0 saturated carbocycles. The molecule has 0 N–H and O–H groups in total. The van der Waals surface area contributed by atoms with Gasteiger partial charge in [-0.3, -0.25) is 0 Å². The summed E-state index contributed by atoms with van der Waals surface area (Å²) in [5.41, 5.74) is 1.36. The number of aryl methyl sites for hydroxylation is 1. The normalized spacial score (nSPS) is 8.89. The van der Waals surface area contributed by atoms with E-state index in [1.54, 1.807) is 0 Å². The Morgan fingerprint density at radius 3 is 2.05 bits per heavy atom. The van der Waals surface area contributed by atoms with Gasteiger partial charge in [-0.2, -0.15) is 14.2 Å². The van der Waals surface area contributed by atoms with Gasteiger partial charge in [0.25, 0.3) is 0 Å². The van der Waals surface area contributed by atoms with Crippen molar-refractivity contribution in [1.29, 1.82) is 0 Å². The summed E-state index contributed by atoms with van der Waals surface area (Å²) in [6.07, 6.45) is 0. The van der Waals surface area contributed by atoms with E-state index in [4.69, 9.17) is 10.2 Å². The maximum absolute atomic E-state index is 8.25. The van der Waals surface area contributed by atoms with Gasteiger partial charge in [-0.05, 0) is 0 Å². The average molecular weight is 289 g/mol. The number of fused-ring (bicyclic) bond motifs is 3. The Balaban J connectivity index is 0.000000597. The molecule has 3 aromatic rings. The molecule has 0 spiro atoms. The second kappa shape index (κ2) is 8.95. The summed E-state index contributed by atoms with van der Waals surface area (Å²) in [4.78, 5) is 0. The van der Waals surface area contributed by atoms with Crippen molar-refractivity contribution in [1.82, 2.24) is 0 Å². The van der Waals surface area contributed by atoms with Crippen molar-refractivity contribution in [2.75, 3.05) is 14.2 Å². The number of hydrogen-bond donors (Lipinski definition) is 0. The van der Waals surface area contributed by atoms with E-state index in [0.717, 1.165) is 14.2 Å². The first-order valence-corrected chi connectivity index (χ1v) is 5.72. The van der Waals surface area contributed by atoms with Gasteiger partial charge >= 0.3 is 21.7 Å². The molecule has 0 bridgehead atoms. The minimum Gasteiger partial charge on any atom is -0.857 e. The summed E-state index contributed by atoms with van der Waals surface area (Å²) in [5, 5.41) is 22.0. The Kier molecular flexibility index (Phi) is 8.45. The van der Waals surface area contributed by atoms with Crippen LogP contribution in [0.2, 0.25) is 0 Å². The Bertz CT molecular complexity index is 614. The maximum Gasteiger partial charge on any atom is 3.00 e. The second-order valence-electron chi connectivity index (χ2n) is 3.77. The Morgan fingerprint density at radius 1 is 0.789 bits per heavy atom. The van der Waals surface area contributed by atoms with Crippen molar-refractivity contribution in [3.05, 3.63) is 54.1 Å². The summed E-state index contributed by atoms with van der Waals surface area (Å²) >= 11 is 0. The van der Waals surface area contributed by atoms with Gasteiger partial charge in [-0.25, -0.2) is 0 Å². The van der Waals surface area contributed by atoms with E-state index in [-0.39, 0.29) is 21.7 Å². The van der Waals surface area contributed by atoms with E-state index in [1.807, 2.05) is 0 Å². The fourth-order valence-corrected chi connectivity index (χ4v) is 2.13. The molecule has 97 valence electrons. The zero-order valence-corrected chi connectivity index (χ0v) is 13.0. The van der Waals surface area contributed by atoms with Crippen LogP contribution in [0.25, 0.3) is 21.5 Å². The van der Waals surface area contributed by atoms with Crippen LogP contribution in [0.15, 0.2) is 48.5 Å². The van der Waals surface area contributed by atoms with Crippen LogP contribution in [-0.2, 0) is 21.7 Å². The predicted molar refractivity (Wildman–Crippen MR) is 73.6 cm³/mol. The maximum atomic E-state index is 8.25. The SMILES string of the molecule is C[O-].C[O-].Cc1cccc2c1[cH-]c1ccccc12.[Ti+3]. The van der Waals surface area contributed by atoms with Crippen LogP contribution in [0, 0.1) is 6.92 Å². The molecular weight excluding hydrogens is 272 g/mol. The molecule has 0 aliphatic heterocycles. The van der Waals surface area contributed by atoms with Gasteiger partial charge in [-0.15, -0.1) is 39.2 Å². The molecule has 0 atom stereocenters. The van der Waals surface area contributed by atoms with E-state index in [0.29, 0.717) is 0 Å². The fraction of sp³-hybridized carbons (Fsp3) is 0.188. The smallest absolute Gasteiger partial charge is 0.857 e. The third-order valence-electron chi connectivity index (χ3n) is 2.87. The molecule has 0 aliphatic rings. The molecule has 3 rings (SSSR count). The molecule has 0 aliphatic carbocycles. The third-order valence-corrected chi connectivity index (χ3v) is 2.87. The molecule has 0 unspecified atom stereocenters. The largest absolute Gasteiger partial charge is 3.00 e. The van der Waals surface area contributed by atoms with Crippen molar-refractivity contribution in [2.24, 2.45) is 0 Å². The number of benzene rings is 2. The van der Waals surface area contributed by atoms with E-state index < -0.39 is 0 Å². The van der Waals surface area contributed by atoms with Crippen LogP contribution in [0.3, 0.4) is 0 Å². The molecule has 2 nitrogen and oxygen atoms in total. The minimum absolute atomic E-state index is 0. The van der Waals surface area contributed by atoms with E-state index in [1.165, 1.54) is 27.1 Å². The quantitative estimate of drug-likeness (QED) is 0.469. The molecule has 0 amide bonds. The summed E-state index contributed by atoms with van der Waals surface area (Å²) in [5.74, 6) is 0. The predicted octanol–water partition coefficient (Wildman–Crippen LogP) is 1.97. The van der Waals surface area contributed by atoms with E-state index in [9.17, 15) is 0 Å². The zero-order chi connectivity index (χ0) is 13.5. The minimum atomic E-state index is 0. The molecule has 1 radical (unpaired) electrons. The monoisotopic (exact) mass is 289 g/mol. The van der Waals surface area contributed by atoms with Crippen LogP contribution in [0.1, 0.15) is 5.56 Å². The second-order valence-corrected chi connectivity index (χ2v) is 3.77.